The summed E-state index contributed by atoms with van der Waals surface area (Å²) < 4.78 is 0. The smallest absolute Gasteiger partial charge is 0.261 e. The molecule has 2 aromatic heterocycles. The van der Waals surface area contributed by atoms with Crippen LogP contribution >= 0.6 is 22.7 Å². The quantitative estimate of drug-likeness (QED) is 0.912. The first-order chi connectivity index (χ1) is 10.7. The summed E-state index contributed by atoms with van der Waals surface area (Å²) in [5, 5.41) is 9.34. The van der Waals surface area contributed by atoms with Crippen LogP contribution in [-0.2, 0) is 0 Å². The minimum absolute atomic E-state index is 0.0318. The highest BCUT2D eigenvalue weighted by molar-refractivity contribution is 7.12. The fourth-order valence-corrected chi connectivity index (χ4v) is 4.09. The van der Waals surface area contributed by atoms with E-state index in [1.807, 2.05) is 17.5 Å². The molecule has 1 fully saturated rings. The van der Waals surface area contributed by atoms with Gasteiger partial charge in [0, 0.05) is 32.7 Å². The third-order valence-corrected chi connectivity index (χ3v) is 5.68. The molecule has 0 bridgehead atoms. The Labute approximate surface area is 139 Å². The summed E-state index contributed by atoms with van der Waals surface area (Å²) in [4.78, 5) is 17.8. The molecule has 0 aromatic carbocycles. The number of hydrogen-bond acceptors (Lipinski definition) is 5. The van der Waals surface area contributed by atoms with Crippen LogP contribution in [0.5, 0.6) is 0 Å². The van der Waals surface area contributed by atoms with E-state index in [1.165, 1.54) is 16.9 Å². The van der Waals surface area contributed by atoms with E-state index in [-0.39, 0.29) is 11.9 Å². The van der Waals surface area contributed by atoms with Crippen LogP contribution in [0.25, 0.3) is 0 Å². The predicted octanol–water partition coefficient (Wildman–Crippen LogP) is 2.53. The van der Waals surface area contributed by atoms with Crippen LogP contribution in [0.2, 0.25) is 0 Å². The van der Waals surface area contributed by atoms with Crippen molar-refractivity contribution < 1.29 is 4.79 Å². The van der Waals surface area contributed by atoms with Crippen molar-refractivity contribution in [3.8, 4) is 0 Å². The lowest BCUT2D eigenvalue weighted by Gasteiger charge is -2.37. The third kappa shape index (κ3) is 3.76. The van der Waals surface area contributed by atoms with Crippen LogP contribution in [0.4, 0.5) is 0 Å². The SMILES string of the molecule is CN1CCN(C(CNC(=O)c2cccs2)c2ccsc2)CC1. The standard InChI is InChI=1S/C16H21N3OS2/c1-18-5-7-19(8-6-18)14(13-4-10-21-12-13)11-17-16(20)15-3-2-9-22-15/h2-4,9-10,12,14H,5-8,11H2,1H3,(H,17,20). The number of amides is 1. The molecule has 118 valence electrons. The molecule has 4 nitrogen and oxygen atoms in total. The number of thiophene rings is 2. The predicted molar refractivity (Wildman–Crippen MR) is 92.8 cm³/mol. The lowest BCUT2D eigenvalue weighted by molar-refractivity contribution is 0.0890. The number of carbonyl (C=O) groups excluding carboxylic acids is 1. The Morgan fingerprint density at radius 3 is 2.73 bits per heavy atom. The van der Waals surface area contributed by atoms with Gasteiger partial charge in [-0.3, -0.25) is 9.69 Å². The minimum atomic E-state index is 0.0318. The van der Waals surface area contributed by atoms with Crippen LogP contribution in [0.15, 0.2) is 34.3 Å². The first-order valence-electron chi connectivity index (χ1n) is 7.50. The van der Waals surface area contributed by atoms with Crippen molar-refractivity contribution in [3.63, 3.8) is 0 Å². The number of hydrogen-bond donors (Lipinski definition) is 1. The normalized spacial score (nSPS) is 18.2. The van der Waals surface area contributed by atoms with Gasteiger partial charge in [0.05, 0.1) is 10.9 Å². The van der Waals surface area contributed by atoms with Crippen LogP contribution in [0.3, 0.4) is 0 Å². The minimum Gasteiger partial charge on any atom is -0.349 e. The lowest BCUT2D eigenvalue weighted by Crippen LogP contribution is -2.48. The van der Waals surface area contributed by atoms with Crippen molar-refractivity contribution in [2.24, 2.45) is 0 Å². The van der Waals surface area contributed by atoms with Crippen LogP contribution in [-0.4, -0.2) is 55.5 Å². The molecule has 1 atom stereocenters. The molecule has 22 heavy (non-hydrogen) atoms. The summed E-state index contributed by atoms with van der Waals surface area (Å²) in [5.41, 5.74) is 1.31. The Morgan fingerprint density at radius 1 is 1.27 bits per heavy atom. The van der Waals surface area contributed by atoms with Gasteiger partial charge in [0.2, 0.25) is 0 Å². The average Bonchev–Trinajstić information content (AvgIpc) is 3.22. The summed E-state index contributed by atoms with van der Waals surface area (Å²) in [5.74, 6) is 0.0318. The topological polar surface area (TPSA) is 35.6 Å². The molecule has 3 rings (SSSR count). The highest BCUT2D eigenvalue weighted by atomic mass is 32.1. The fraction of sp³-hybridized carbons (Fsp3) is 0.438. The molecule has 2 aromatic rings. The average molecular weight is 335 g/mol. The third-order valence-electron chi connectivity index (χ3n) is 4.11. The number of piperazine rings is 1. The zero-order chi connectivity index (χ0) is 15.4. The van der Waals surface area contributed by atoms with Crippen LogP contribution in [0, 0.1) is 0 Å². The van der Waals surface area contributed by atoms with Crippen molar-refractivity contribution in [3.05, 3.63) is 44.8 Å². The first-order valence-corrected chi connectivity index (χ1v) is 9.32. The summed E-state index contributed by atoms with van der Waals surface area (Å²) in [6, 6.07) is 6.22. The van der Waals surface area contributed by atoms with Crippen LogP contribution in [0.1, 0.15) is 21.3 Å². The van der Waals surface area contributed by atoms with Crippen molar-refractivity contribution in [1.82, 2.24) is 15.1 Å². The number of nitrogens with one attached hydrogen (secondary N) is 1. The Balaban J connectivity index is 1.65. The molecule has 0 radical (unpaired) electrons. The van der Waals surface area contributed by atoms with Crippen molar-refractivity contribution >= 4 is 28.6 Å². The zero-order valence-corrected chi connectivity index (χ0v) is 14.3. The number of carbonyl (C=O) groups is 1. The van der Waals surface area contributed by atoms with Gasteiger partial charge in [-0.25, -0.2) is 0 Å². The molecule has 0 aliphatic carbocycles. The Hall–Kier alpha value is -1.21. The van der Waals surface area contributed by atoms with E-state index in [0.29, 0.717) is 6.54 Å². The molecule has 1 unspecified atom stereocenters. The first kappa shape index (κ1) is 15.7. The Kier molecular flexibility index (Phi) is 5.25. The van der Waals surface area contributed by atoms with E-state index in [2.05, 4.69) is 39.0 Å². The van der Waals surface area contributed by atoms with E-state index >= 15 is 0 Å². The van der Waals surface area contributed by atoms with E-state index < -0.39 is 0 Å². The van der Waals surface area contributed by atoms with Gasteiger partial charge in [0.15, 0.2) is 0 Å². The number of nitrogens with zero attached hydrogens (tertiary/aromatic N) is 2. The molecule has 3 heterocycles. The van der Waals surface area contributed by atoms with Crippen molar-refractivity contribution in [1.29, 1.82) is 0 Å². The molecule has 1 saturated heterocycles. The molecule has 1 amide bonds. The summed E-state index contributed by atoms with van der Waals surface area (Å²) >= 11 is 3.20. The van der Waals surface area contributed by atoms with Gasteiger partial charge < -0.3 is 10.2 Å². The van der Waals surface area contributed by atoms with Gasteiger partial charge in [-0.05, 0) is 40.9 Å². The molecule has 1 aliphatic heterocycles. The largest absolute Gasteiger partial charge is 0.349 e. The molecule has 1 aliphatic rings. The summed E-state index contributed by atoms with van der Waals surface area (Å²) in [6.07, 6.45) is 0. The second kappa shape index (κ2) is 7.37. The maximum absolute atomic E-state index is 12.2. The molecule has 0 saturated carbocycles. The Bertz CT molecular complexity index is 575. The van der Waals surface area contributed by atoms with Gasteiger partial charge in [0.25, 0.3) is 5.91 Å². The van der Waals surface area contributed by atoms with E-state index in [0.717, 1.165) is 31.1 Å². The number of rotatable bonds is 5. The highest BCUT2D eigenvalue weighted by Gasteiger charge is 2.24. The highest BCUT2D eigenvalue weighted by Crippen LogP contribution is 2.24. The molecular weight excluding hydrogens is 314 g/mol. The molecule has 0 spiro atoms. The van der Waals surface area contributed by atoms with Gasteiger partial charge in [-0.15, -0.1) is 11.3 Å². The van der Waals surface area contributed by atoms with Crippen molar-refractivity contribution in [2.45, 2.75) is 6.04 Å². The second-order valence-electron chi connectivity index (χ2n) is 5.60. The van der Waals surface area contributed by atoms with Gasteiger partial charge >= 0.3 is 0 Å². The number of likely N-dealkylation sites (N-methyl/N-ethyl adjacent to an activating group) is 1. The Morgan fingerprint density at radius 2 is 2.09 bits per heavy atom. The fourth-order valence-electron chi connectivity index (χ4n) is 2.74. The second-order valence-corrected chi connectivity index (χ2v) is 7.33. The van der Waals surface area contributed by atoms with E-state index in [1.54, 1.807) is 11.3 Å². The summed E-state index contributed by atoms with van der Waals surface area (Å²) in [7, 11) is 2.16. The van der Waals surface area contributed by atoms with Crippen molar-refractivity contribution in [2.75, 3.05) is 39.8 Å². The maximum Gasteiger partial charge on any atom is 0.261 e. The lowest BCUT2D eigenvalue weighted by atomic mass is 10.1. The van der Waals surface area contributed by atoms with E-state index in [9.17, 15) is 4.79 Å². The van der Waals surface area contributed by atoms with Crippen LogP contribution < -0.4 is 5.32 Å². The van der Waals surface area contributed by atoms with Gasteiger partial charge in [-0.2, -0.15) is 11.3 Å². The zero-order valence-electron chi connectivity index (χ0n) is 12.7. The van der Waals surface area contributed by atoms with Gasteiger partial charge in [-0.1, -0.05) is 6.07 Å². The molecule has 6 heteroatoms. The van der Waals surface area contributed by atoms with E-state index in [4.69, 9.17) is 0 Å². The molecule has 1 N–H and O–H groups in total. The monoisotopic (exact) mass is 335 g/mol. The molecular formula is C16H21N3OS2. The summed E-state index contributed by atoms with van der Waals surface area (Å²) in [6.45, 7) is 4.92. The van der Waals surface area contributed by atoms with Gasteiger partial charge in [0.1, 0.15) is 0 Å². The maximum atomic E-state index is 12.2.